The average molecular weight is 356 g/mol. The van der Waals surface area contributed by atoms with Crippen LogP contribution in [0.3, 0.4) is 0 Å². The van der Waals surface area contributed by atoms with E-state index in [1.165, 1.54) is 0 Å². The van der Waals surface area contributed by atoms with Gasteiger partial charge in [-0.25, -0.2) is 0 Å². The maximum atomic E-state index is 12.3. The number of amides is 1. The van der Waals surface area contributed by atoms with Crippen molar-refractivity contribution in [3.63, 3.8) is 0 Å². The quantitative estimate of drug-likeness (QED) is 0.583. The number of carbonyl (C=O) groups excluding carboxylic acids is 3. The van der Waals surface area contributed by atoms with Crippen LogP contribution in [0.25, 0.3) is 0 Å². The first-order chi connectivity index (χ1) is 12.4. The van der Waals surface area contributed by atoms with E-state index in [0.29, 0.717) is 11.1 Å². The molecule has 0 saturated carbocycles. The van der Waals surface area contributed by atoms with E-state index >= 15 is 0 Å². The molecule has 138 valence electrons. The fraction of sp³-hybridized carbons (Fsp3) is 0.350. The molecule has 2 aromatic rings. The molecule has 0 bridgehead atoms. The van der Waals surface area contributed by atoms with Gasteiger partial charge < -0.3 is 14.6 Å². The van der Waals surface area contributed by atoms with Gasteiger partial charge in [0.1, 0.15) is 6.54 Å². The molecule has 1 N–H and O–H groups in total. The van der Waals surface area contributed by atoms with Crippen LogP contribution in [0.2, 0.25) is 0 Å². The van der Waals surface area contributed by atoms with E-state index in [1.54, 1.807) is 30.3 Å². The predicted octanol–water partition coefficient (Wildman–Crippen LogP) is 2.67. The fourth-order valence-corrected chi connectivity index (χ4v) is 2.77. The van der Waals surface area contributed by atoms with Crippen LogP contribution in [0.15, 0.2) is 36.4 Å². The van der Waals surface area contributed by atoms with Crippen molar-refractivity contribution in [3.05, 3.63) is 58.9 Å². The third-order valence-electron chi connectivity index (χ3n) is 4.11. The SMILES string of the molecule is CCCn1c(C)cc(C(=O)COC(=O)CNC(=O)c2ccccc2)c1C. The smallest absolute Gasteiger partial charge is 0.325 e. The second-order valence-electron chi connectivity index (χ2n) is 6.07. The summed E-state index contributed by atoms with van der Waals surface area (Å²) in [6, 6.07) is 10.4. The summed E-state index contributed by atoms with van der Waals surface area (Å²) in [5.74, 6) is -1.26. The number of ether oxygens (including phenoxy) is 1. The molecule has 0 radical (unpaired) electrons. The third-order valence-corrected chi connectivity index (χ3v) is 4.11. The summed E-state index contributed by atoms with van der Waals surface area (Å²) in [7, 11) is 0. The summed E-state index contributed by atoms with van der Waals surface area (Å²) in [4.78, 5) is 36.0. The van der Waals surface area contributed by atoms with Crippen molar-refractivity contribution >= 4 is 17.7 Å². The number of nitrogens with one attached hydrogen (secondary N) is 1. The lowest BCUT2D eigenvalue weighted by Gasteiger charge is -2.08. The van der Waals surface area contributed by atoms with Gasteiger partial charge in [-0.2, -0.15) is 0 Å². The minimum Gasteiger partial charge on any atom is -0.456 e. The van der Waals surface area contributed by atoms with Gasteiger partial charge in [0.2, 0.25) is 5.78 Å². The highest BCUT2D eigenvalue weighted by Gasteiger charge is 2.17. The first kappa shape index (κ1) is 19.4. The summed E-state index contributed by atoms with van der Waals surface area (Å²) in [5.41, 5.74) is 2.91. The molecule has 0 fully saturated rings. The van der Waals surface area contributed by atoms with Crippen LogP contribution in [0.1, 0.15) is 45.4 Å². The summed E-state index contributed by atoms with van der Waals surface area (Å²) in [5, 5.41) is 2.47. The molecule has 0 atom stereocenters. The number of hydrogen-bond acceptors (Lipinski definition) is 4. The van der Waals surface area contributed by atoms with Crippen molar-refractivity contribution in [2.45, 2.75) is 33.7 Å². The summed E-state index contributed by atoms with van der Waals surface area (Å²) in [6.45, 7) is 6.14. The van der Waals surface area contributed by atoms with E-state index in [0.717, 1.165) is 24.4 Å². The standard InChI is InChI=1S/C20H24N2O4/c1-4-10-22-14(2)11-17(15(22)3)18(23)13-26-19(24)12-21-20(25)16-8-6-5-7-9-16/h5-9,11H,4,10,12-13H2,1-3H3,(H,21,25). The van der Waals surface area contributed by atoms with Crippen molar-refractivity contribution in [1.29, 1.82) is 0 Å². The first-order valence-corrected chi connectivity index (χ1v) is 8.62. The normalized spacial score (nSPS) is 10.4. The molecular formula is C20H24N2O4. The van der Waals surface area contributed by atoms with Crippen LogP contribution in [-0.2, 0) is 16.1 Å². The van der Waals surface area contributed by atoms with E-state index in [1.807, 2.05) is 19.9 Å². The zero-order chi connectivity index (χ0) is 19.1. The lowest BCUT2D eigenvalue weighted by molar-refractivity contribution is -0.141. The Morgan fingerprint density at radius 1 is 1.12 bits per heavy atom. The lowest BCUT2D eigenvalue weighted by Crippen LogP contribution is -2.31. The van der Waals surface area contributed by atoms with Crippen molar-refractivity contribution < 1.29 is 19.1 Å². The average Bonchev–Trinajstić information content (AvgIpc) is 2.93. The molecule has 2 rings (SSSR count). The zero-order valence-corrected chi connectivity index (χ0v) is 15.4. The van der Waals surface area contributed by atoms with Gasteiger partial charge in [0, 0.05) is 29.1 Å². The summed E-state index contributed by atoms with van der Waals surface area (Å²) in [6.07, 6.45) is 0.972. The lowest BCUT2D eigenvalue weighted by atomic mass is 10.1. The Balaban J connectivity index is 1.85. The van der Waals surface area contributed by atoms with E-state index in [-0.39, 0.29) is 24.8 Å². The molecule has 0 unspecified atom stereocenters. The maximum absolute atomic E-state index is 12.3. The highest BCUT2D eigenvalue weighted by Crippen LogP contribution is 2.16. The minimum atomic E-state index is -0.648. The maximum Gasteiger partial charge on any atom is 0.325 e. The number of hydrogen-bond donors (Lipinski definition) is 1. The van der Waals surface area contributed by atoms with Crippen molar-refractivity contribution in [1.82, 2.24) is 9.88 Å². The van der Waals surface area contributed by atoms with E-state index in [9.17, 15) is 14.4 Å². The molecule has 1 aromatic carbocycles. The molecular weight excluding hydrogens is 332 g/mol. The number of Topliss-reactive ketones (excluding diaryl/α,β-unsaturated/α-hetero) is 1. The molecule has 0 aliphatic carbocycles. The molecule has 0 aliphatic heterocycles. The van der Waals surface area contributed by atoms with Crippen molar-refractivity contribution in [3.8, 4) is 0 Å². The van der Waals surface area contributed by atoms with Gasteiger partial charge in [0.05, 0.1) is 0 Å². The second-order valence-corrected chi connectivity index (χ2v) is 6.07. The molecule has 6 nitrogen and oxygen atoms in total. The van der Waals surface area contributed by atoms with Gasteiger partial charge in [-0.15, -0.1) is 0 Å². The number of esters is 1. The van der Waals surface area contributed by atoms with Crippen LogP contribution in [-0.4, -0.2) is 35.4 Å². The van der Waals surface area contributed by atoms with Crippen LogP contribution in [0.4, 0.5) is 0 Å². The fourth-order valence-electron chi connectivity index (χ4n) is 2.77. The highest BCUT2D eigenvalue weighted by atomic mass is 16.5. The number of benzene rings is 1. The molecule has 0 saturated heterocycles. The van der Waals surface area contributed by atoms with E-state index in [4.69, 9.17) is 4.74 Å². The molecule has 1 heterocycles. The summed E-state index contributed by atoms with van der Waals surface area (Å²) < 4.78 is 7.07. The number of nitrogens with zero attached hydrogens (tertiary/aromatic N) is 1. The molecule has 0 aliphatic rings. The first-order valence-electron chi connectivity index (χ1n) is 8.62. The Morgan fingerprint density at radius 2 is 1.81 bits per heavy atom. The predicted molar refractivity (Wildman–Crippen MR) is 98.3 cm³/mol. The largest absolute Gasteiger partial charge is 0.456 e. The Hall–Kier alpha value is -2.89. The van der Waals surface area contributed by atoms with Gasteiger partial charge in [0.25, 0.3) is 5.91 Å². The van der Waals surface area contributed by atoms with E-state index in [2.05, 4.69) is 16.8 Å². The second kappa shape index (κ2) is 8.99. The number of rotatable bonds is 8. The van der Waals surface area contributed by atoms with Gasteiger partial charge in [0.15, 0.2) is 6.61 Å². The highest BCUT2D eigenvalue weighted by molar-refractivity contribution is 5.99. The molecule has 26 heavy (non-hydrogen) atoms. The Labute approximate surface area is 153 Å². The Bertz CT molecular complexity index is 794. The van der Waals surface area contributed by atoms with Gasteiger partial charge >= 0.3 is 5.97 Å². The van der Waals surface area contributed by atoms with Crippen molar-refractivity contribution in [2.24, 2.45) is 0 Å². The van der Waals surface area contributed by atoms with Crippen LogP contribution < -0.4 is 5.32 Å². The zero-order valence-electron chi connectivity index (χ0n) is 15.4. The minimum absolute atomic E-state index is 0.247. The number of aromatic nitrogens is 1. The van der Waals surface area contributed by atoms with Gasteiger partial charge in [-0.05, 0) is 38.5 Å². The molecule has 0 spiro atoms. The van der Waals surface area contributed by atoms with Gasteiger partial charge in [-0.3, -0.25) is 14.4 Å². The van der Waals surface area contributed by atoms with Crippen molar-refractivity contribution in [2.75, 3.05) is 13.2 Å². The van der Waals surface area contributed by atoms with Gasteiger partial charge in [-0.1, -0.05) is 25.1 Å². The van der Waals surface area contributed by atoms with E-state index < -0.39 is 5.97 Å². The topological polar surface area (TPSA) is 77.4 Å². The third kappa shape index (κ3) is 4.81. The molecule has 6 heteroatoms. The monoisotopic (exact) mass is 356 g/mol. The van der Waals surface area contributed by atoms with Crippen LogP contribution in [0, 0.1) is 13.8 Å². The molecule has 1 amide bonds. The van der Waals surface area contributed by atoms with Crippen LogP contribution >= 0.6 is 0 Å². The number of carbonyl (C=O) groups is 3. The Morgan fingerprint density at radius 3 is 2.46 bits per heavy atom. The van der Waals surface area contributed by atoms with Crippen LogP contribution in [0.5, 0.6) is 0 Å². The number of ketones is 1. The Kier molecular flexibility index (Phi) is 6.72. The number of aryl methyl sites for hydroxylation is 1. The molecule has 1 aromatic heterocycles. The summed E-state index contributed by atoms with van der Waals surface area (Å²) >= 11 is 0.